The minimum atomic E-state index is -1.23. The number of rotatable bonds is 2. The minimum absolute atomic E-state index is 0.190. The van der Waals surface area contributed by atoms with Gasteiger partial charge in [-0.05, 0) is 12.1 Å². The van der Waals surface area contributed by atoms with Gasteiger partial charge in [0.05, 0.1) is 24.0 Å². The molecule has 0 unspecified atom stereocenters. The highest BCUT2D eigenvalue weighted by Crippen LogP contribution is 2.07. The number of benzene rings is 1. The SMILES string of the molecule is CN1C=NCC1.O=C(O)c1ccccc1C(=O)O. The monoisotopic (exact) mass is 250 g/mol. The molecule has 1 aromatic rings. The van der Waals surface area contributed by atoms with Crippen LogP contribution in [0.4, 0.5) is 0 Å². The first kappa shape index (κ1) is 13.7. The zero-order chi connectivity index (χ0) is 13.5. The number of aliphatic imine (C=N–C) groups is 1. The summed E-state index contributed by atoms with van der Waals surface area (Å²) < 4.78 is 0. The lowest BCUT2D eigenvalue weighted by molar-refractivity contribution is 0.0651. The van der Waals surface area contributed by atoms with Gasteiger partial charge in [0, 0.05) is 13.6 Å². The van der Waals surface area contributed by atoms with E-state index >= 15 is 0 Å². The number of carboxylic acids is 2. The van der Waals surface area contributed by atoms with Crippen molar-refractivity contribution in [2.45, 2.75) is 0 Å². The molecule has 0 atom stereocenters. The number of nitrogens with zero attached hydrogens (tertiary/aromatic N) is 2. The first-order valence-corrected chi connectivity index (χ1v) is 5.28. The summed E-state index contributed by atoms with van der Waals surface area (Å²) in [5, 5.41) is 17.1. The molecular formula is C12H14N2O4. The van der Waals surface area contributed by atoms with Crippen molar-refractivity contribution in [3.05, 3.63) is 35.4 Å². The first-order valence-electron chi connectivity index (χ1n) is 5.28. The molecule has 6 nitrogen and oxygen atoms in total. The molecule has 0 amide bonds. The fourth-order valence-electron chi connectivity index (χ4n) is 1.33. The Hall–Kier alpha value is -2.37. The second-order valence-corrected chi connectivity index (χ2v) is 3.66. The van der Waals surface area contributed by atoms with Crippen LogP contribution >= 0.6 is 0 Å². The Balaban J connectivity index is 0.000000225. The lowest BCUT2D eigenvalue weighted by Gasteiger charge is -1.99. The van der Waals surface area contributed by atoms with Crippen LogP contribution in [0.15, 0.2) is 29.3 Å². The van der Waals surface area contributed by atoms with Crippen LogP contribution in [0.3, 0.4) is 0 Å². The van der Waals surface area contributed by atoms with Gasteiger partial charge in [-0.2, -0.15) is 0 Å². The number of hydrogen-bond donors (Lipinski definition) is 2. The van der Waals surface area contributed by atoms with Gasteiger partial charge in [-0.15, -0.1) is 0 Å². The van der Waals surface area contributed by atoms with Crippen molar-refractivity contribution in [2.24, 2.45) is 4.99 Å². The van der Waals surface area contributed by atoms with E-state index in [4.69, 9.17) is 10.2 Å². The van der Waals surface area contributed by atoms with Crippen LogP contribution < -0.4 is 0 Å². The van der Waals surface area contributed by atoms with E-state index in [0.29, 0.717) is 0 Å². The van der Waals surface area contributed by atoms with Gasteiger partial charge in [0.25, 0.3) is 0 Å². The number of carboxylic acid groups (broad SMARTS) is 2. The molecular weight excluding hydrogens is 236 g/mol. The molecule has 0 fully saturated rings. The van der Waals surface area contributed by atoms with Crippen molar-refractivity contribution in [1.29, 1.82) is 0 Å². The van der Waals surface area contributed by atoms with Crippen LogP contribution in [-0.2, 0) is 0 Å². The van der Waals surface area contributed by atoms with Gasteiger partial charge in [0.1, 0.15) is 0 Å². The molecule has 96 valence electrons. The van der Waals surface area contributed by atoms with Crippen molar-refractivity contribution in [1.82, 2.24) is 4.90 Å². The maximum absolute atomic E-state index is 10.5. The van der Waals surface area contributed by atoms with E-state index in [0.717, 1.165) is 13.1 Å². The van der Waals surface area contributed by atoms with Crippen molar-refractivity contribution < 1.29 is 19.8 Å². The van der Waals surface area contributed by atoms with Crippen molar-refractivity contribution in [2.75, 3.05) is 20.1 Å². The van der Waals surface area contributed by atoms with Gasteiger partial charge in [-0.25, -0.2) is 9.59 Å². The summed E-state index contributed by atoms with van der Waals surface area (Å²) >= 11 is 0. The third-order valence-electron chi connectivity index (χ3n) is 2.25. The highest BCUT2D eigenvalue weighted by molar-refractivity contribution is 6.01. The average Bonchev–Trinajstić information content (AvgIpc) is 2.81. The van der Waals surface area contributed by atoms with E-state index < -0.39 is 11.9 Å². The summed E-state index contributed by atoms with van der Waals surface area (Å²) in [6.45, 7) is 2.08. The zero-order valence-electron chi connectivity index (χ0n) is 9.91. The Labute approximate surface area is 104 Å². The van der Waals surface area contributed by atoms with E-state index in [1.807, 2.05) is 13.4 Å². The predicted molar refractivity (Wildman–Crippen MR) is 66.3 cm³/mol. The maximum Gasteiger partial charge on any atom is 0.336 e. The van der Waals surface area contributed by atoms with E-state index in [1.54, 1.807) is 0 Å². The number of hydrogen-bond acceptors (Lipinski definition) is 4. The van der Waals surface area contributed by atoms with Crippen LogP contribution in [0, 0.1) is 0 Å². The van der Waals surface area contributed by atoms with Gasteiger partial charge >= 0.3 is 11.9 Å². The number of likely N-dealkylation sites (N-methyl/N-ethyl adjacent to an activating group) is 1. The molecule has 2 rings (SSSR count). The lowest BCUT2D eigenvalue weighted by atomic mass is 10.1. The molecule has 18 heavy (non-hydrogen) atoms. The molecule has 1 aromatic carbocycles. The molecule has 0 bridgehead atoms. The Morgan fingerprint density at radius 3 is 1.89 bits per heavy atom. The van der Waals surface area contributed by atoms with Crippen LogP contribution in [0.25, 0.3) is 0 Å². The Bertz CT molecular complexity index is 438. The summed E-state index contributed by atoms with van der Waals surface area (Å²) in [7, 11) is 2.02. The highest BCUT2D eigenvalue weighted by Gasteiger charge is 2.13. The normalized spacial score (nSPS) is 12.8. The maximum atomic E-state index is 10.5. The highest BCUT2D eigenvalue weighted by atomic mass is 16.4. The summed E-state index contributed by atoms with van der Waals surface area (Å²) in [5.41, 5.74) is -0.380. The summed E-state index contributed by atoms with van der Waals surface area (Å²) in [6, 6.07) is 5.48. The number of aromatic carboxylic acids is 2. The predicted octanol–water partition coefficient (Wildman–Crippen LogP) is 1.04. The van der Waals surface area contributed by atoms with Gasteiger partial charge in [0.2, 0.25) is 0 Å². The molecule has 1 aliphatic heterocycles. The van der Waals surface area contributed by atoms with Gasteiger partial charge in [-0.1, -0.05) is 12.1 Å². The molecule has 1 aliphatic rings. The summed E-state index contributed by atoms with van der Waals surface area (Å²) in [6.07, 6.45) is 1.86. The summed E-state index contributed by atoms with van der Waals surface area (Å²) in [4.78, 5) is 27.0. The third-order valence-corrected chi connectivity index (χ3v) is 2.25. The fourth-order valence-corrected chi connectivity index (χ4v) is 1.33. The Morgan fingerprint density at radius 1 is 1.17 bits per heavy atom. The second-order valence-electron chi connectivity index (χ2n) is 3.66. The molecule has 0 saturated carbocycles. The quantitative estimate of drug-likeness (QED) is 0.818. The average molecular weight is 250 g/mol. The molecule has 6 heteroatoms. The number of carbonyl (C=O) groups is 2. The first-order chi connectivity index (χ1) is 8.52. The van der Waals surface area contributed by atoms with Crippen LogP contribution in [0.2, 0.25) is 0 Å². The van der Waals surface area contributed by atoms with Gasteiger partial charge in [-0.3, -0.25) is 4.99 Å². The van der Waals surface area contributed by atoms with Crippen LogP contribution in [0.5, 0.6) is 0 Å². The molecule has 0 spiro atoms. The zero-order valence-corrected chi connectivity index (χ0v) is 9.91. The molecule has 0 saturated heterocycles. The summed E-state index contributed by atoms with van der Waals surface area (Å²) in [5.74, 6) is -2.46. The van der Waals surface area contributed by atoms with E-state index in [2.05, 4.69) is 9.89 Å². The molecule has 0 aliphatic carbocycles. The molecule has 0 radical (unpaired) electrons. The van der Waals surface area contributed by atoms with Crippen molar-refractivity contribution >= 4 is 18.3 Å². The minimum Gasteiger partial charge on any atom is -0.478 e. The topological polar surface area (TPSA) is 90.2 Å². The Kier molecular flexibility index (Phi) is 4.86. The van der Waals surface area contributed by atoms with E-state index in [1.165, 1.54) is 24.3 Å². The molecule has 1 heterocycles. The Morgan fingerprint density at radius 2 is 1.67 bits per heavy atom. The van der Waals surface area contributed by atoms with Gasteiger partial charge < -0.3 is 15.1 Å². The van der Waals surface area contributed by atoms with Crippen molar-refractivity contribution in [3.63, 3.8) is 0 Å². The van der Waals surface area contributed by atoms with Crippen LogP contribution in [0.1, 0.15) is 20.7 Å². The van der Waals surface area contributed by atoms with Crippen LogP contribution in [-0.4, -0.2) is 53.5 Å². The lowest BCUT2D eigenvalue weighted by Crippen LogP contribution is -2.11. The van der Waals surface area contributed by atoms with E-state index in [9.17, 15) is 9.59 Å². The smallest absolute Gasteiger partial charge is 0.336 e. The third kappa shape index (κ3) is 3.89. The standard InChI is InChI=1S/C8H6O4.C4H8N2/c9-7(10)5-3-1-2-4-6(5)8(11)12;1-6-3-2-5-4-6/h1-4H,(H,9,10)(H,11,12);4H,2-3H2,1H3. The largest absolute Gasteiger partial charge is 0.478 e. The van der Waals surface area contributed by atoms with E-state index in [-0.39, 0.29) is 11.1 Å². The van der Waals surface area contributed by atoms with Crippen molar-refractivity contribution in [3.8, 4) is 0 Å². The molecule has 2 N–H and O–H groups in total. The fraction of sp³-hybridized carbons (Fsp3) is 0.250. The second kappa shape index (κ2) is 6.39. The van der Waals surface area contributed by atoms with Gasteiger partial charge in [0.15, 0.2) is 0 Å². The molecule has 0 aromatic heterocycles.